The summed E-state index contributed by atoms with van der Waals surface area (Å²) in [5, 5.41) is 9.25. The number of nitriles is 1. The van der Waals surface area contributed by atoms with Crippen LogP contribution in [0.2, 0.25) is 0 Å². The van der Waals surface area contributed by atoms with Crippen molar-refractivity contribution in [3.05, 3.63) is 59.7 Å². The minimum Gasteiger partial charge on any atom is -0.355 e. The van der Waals surface area contributed by atoms with E-state index in [0.29, 0.717) is 30.2 Å². The summed E-state index contributed by atoms with van der Waals surface area (Å²) < 4.78 is 54.6. The van der Waals surface area contributed by atoms with E-state index in [2.05, 4.69) is 21.0 Å². The predicted octanol–water partition coefficient (Wildman–Crippen LogP) is 4.29. The Morgan fingerprint density at radius 2 is 1.94 bits per heavy atom. The summed E-state index contributed by atoms with van der Waals surface area (Å²) in [6.45, 7) is 1.32. The Hall–Kier alpha value is -3.48. The molecule has 0 saturated carbocycles. The number of anilines is 1. The predicted molar refractivity (Wildman–Crippen MR) is 105 cm³/mol. The normalized spacial score (nSPS) is 15.2. The molecule has 0 N–H and O–H groups in total. The maximum atomic E-state index is 13.6. The van der Waals surface area contributed by atoms with Crippen LogP contribution >= 0.6 is 0 Å². The molecule has 0 atom stereocenters. The molecule has 2 aromatic heterocycles. The third kappa shape index (κ3) is 4.08. The van der Waals surface area contributed by atoms with Gasteiger partial charge in [0.1, 0.15) is 35.4 Å². The van der Waals surface area contributed by atoms with Crippen LogP contribution in [0.25, 0.3) is 11.3 Å². The first kappa shape index (κ1) is 20.8. The SMILES string of the molecule is Cn1cc(-c2ccc(F)c(C(F)(F)F)c2)nc1C1CCN(c2ncncc2C#N)CC1. The Morgan fingerprint density at radius 3 is 2.61 bits per heavy atom. The molecule has 1 aliphatic heterocycles. The fourth-order valence-corrected chi connectivity index (χ4v) is 3.90. The van der Waals surface area contributed by atoms with Crippen molar-refractivity contribution < 1.29 is 17.6 Å². The summed E-state index contributed by atoms with van der Waals surface area (Å²) in [5.74, 6) is 0.157. The quantitative estimate of drug-likeness (QED) is 0.580. The highest BCUT2D eigenvalue weighted by Gasteiger charge is 2.34. The molecular formula is C21H18F4N6. The van der Waals surface area contributed by atoms with Gasteiger partial charge in [-0.3, -0.25) is 0 Å². The van der Waals surface area contributed by atoms with Gasteiger partial charge in [-0.25, -0.2) is 19.3 Å². The number of halogens is 4. The van der Waals surface area contributed by atoms with Crippen molar-refractivity contribution >= 4 is 5.82 Å². The second-order valence-corrected chi connectivity index (χ2v) is 7.42. The van der Waals surface area contributed by atoms with Crippen LogP contribution in [-0.2, 0) is 13.2 Å². The molecule has 1 fully saturated rings. The fraction of sp³-hybridized carbons (Fsp3) is 0.333. The van der Waals surface area contributed by atoms with Crippen LogP contribution in [0.5, 0.6) is 0 Å². The number of rotatable bonds is 3. The lowest BCUT2D eigenvalue weighted by atomic mass is 9.95. The van der Waals surface area contributed by atoms with Gasteiger partial charge in [-0.2, -0.15) is 18.4 Å². The smallest absolute Gasteiger partial charge is 0.355 e. The Labute approximate surface area is 175 Å². The molecule has 0 unspecified atom stereocenters. The van der Waals surface area contributed by atoms with E-state index in [1.54, 1.807) is 17.8 Å². The molecule has 3 heterocycles. The first-order valence-electron chi connectivity index (χ1n) is 9.63. The van der Waals surface area contributed by atoms with Crippen LogP contribution in [0, 0.1) is 17.1 Å². The van der Waals surface area contributed by atoms with E-state index in [0.717, 1.165) is 30.8 Å². The number of aryl methyl sites for hydroxylation is 1. The summed E-state index contributed by atoms with van der Waals surface area (Å²) in [5.41, 5.74) is -0.304. The molecule has 0 bridgehead atoms. The summed E-state index contributed by atoms with van der Waals surface area (Å²) in [4.78, 5) is 14.7. The summed E-state index contributed by atoms with van der Waals surface area (Å²) in [6.07, 6.45) is 1.27. The van der Waals surface area contributed by atoms with Gasteiger partial charge in [0.15, 0.2) is 0 Å². The van der Waals surface area contributed by atoms with Gasteiger partial charge in [0, 0.05) is 37.8 Å². The number of hydrogen-bond donors (Lipinski definition) is 0. The van der Waals surface area contributed by atoms with Crippen molar-refractivity contribution in [2.24, 2.45) is 7.05 Å². The van der Waals surface area contributed by atoms with Crippen LogP contribution in [0.1, 0.15) is 35.7 Å². The lowest BCUT2D eigenvalue weighted by Gasteiger charge is -2.32. The minimum atomic E-state index is -4.77. The third-order valence-electron chi connectivity index (χ3n) is 5.45. The van der Waals surface area contributed by atoms with E-state index in [1.165, 1.54) is 18.6 Å². The van der Waals surface area contributed by atoms with E-state index in [-0.39, 0.29) is 11.5 Å². The number of hydrogen-bond acceptors (Lipinski definition) is 5. The van der Waals surface area contributed by atoms with Crippen molar-refractivity contribution in [2.75, 3.05) is 18.0 Å². The average Bonchev–Trinajstić information content (AvgIpc) is 3.15. The van der Waals surface area contributed by atoms with Crippen molar-refractivity contribution in [3.8, 4) is 17.3 Å². The van der Waals surface area contributed by atoms with Crippen LogP contribution in [0.15, 0.2) is 36.9 Å². The minimum absolute atomic E-state index is 0.102. The van der Waals surface area contributed by atoms with Gasteiger partial charge >= 0.3 is 6.18 Å². The van der Waals surface area contributed by atoms with E-state index < -0.39 is 17.6 Å². The monoisotopic (exact) mass is 430 g/mol. The van der Waals surface area contributed by atoms with Gasteiger partial charge in [-0.05, 0) is 31.0 Å². The Morgan fingerprint density at radius 1 is 1.19 bits per heavy atom. The first-order chi connectivity index (χ1) is 14.8. The summed E-state index contributed by atoms with van der Waals surface area (Å²) >= 11 is 0. The fourth-order valence-electron chi connectivity index (χ4n) is 3.90. The summed E-state index contributed by atoms with van der Waals surface area (Å²) in [6, 6.07) is 5.01. The molecular weight excluding hydrogens is 412 g/mol. The lowest BCUT2D eigenvalue weighted by molar-refractivity contribution is -0.139. The van der Waals surface area contributed by atoms with Crippen molar-refractivity contribution in [3.63, 3.8) is 0 Å². The standard InChI is InChI=1S/C21H18F4N6/c1-30-11-18(14-2-3-17(22)16(8-14)21(23,24)25)29-20(30)13-4-6-31(7-5-13)19-15(9-26)10-27-12-28-19/h2-3,8,10-13H,4-7H2,1H3. The Bertz CT molecular complexity index is 1140. The van der Waals surface area contributed by atoms with E-state index in [9.17, 15) is 22.8 Å². The highest BCUT2D eigenvalue weighted by molar-refractivity contribution is 5.60. The molecule has 0 aliphatic carbocycles. The van der Waals surface area contributed by atoms with E-state index in [4.69, 9.17) is 0 Å². The Balaban J connectivity index is 1.54. The molecule has 1 aliphatic rings. The highest BCUT2D eigenvalue weighted by atomic mass is 19.4. The second kappa shape index (κ2) is 7.98. The third-order valence-corrected chi connectivity index (χ3v) is 5.45. The number of imidazole rings is 1. The molecule has 6 nitrogen and oxygen atoms in total. The number of aromatic nitrogens is 4. The van der Waals surface area contributed by atoms with Gasteiger partial charge in [0.25, 0.3) is 0 Å². The molecule has 10 heteroatoms. The van der Waals surface area contributed by atoms with Gasteiger partial charge in [-0.1, -0.05) is 0 Å². The molecule has 1 aromatic carbocycles. The van der Waals surface area contributed by atoms with E-state index in [1.807, 2.05) is 4.90 Å². The van der Waals surface area contributed by atoms with Crippen LogP contribution in [0.4, 0.5) is 23.4 Å². The molecule has 0 radical (unpaired) electrons. The van der Waals surface area contributed by atoms with Crippen LogP contribution in [-0.4, -0.2) is 32.6 Å². The van der Waals surface area contributed by atoms with Crippen molar-refractivity contribution in [2.45, 2.75) is 24.9 Å². The first-order valence-corrected chi connectivity index (χ1v) is 9.63. The summed E-state index contributed by atoms with van der Waals surface area (Å²) in [7, 11) is 1.80. The lowest BCUT2D eigenvalue weighted by Crippen LogP contribution is -2.34. The maximum Gasteiger partial charge on any atom is 0.419 e. The molecule has 4 rings (SSSR count). The number of nitrogens with zero attached hydrogens (tertiary/aromatic N) is 6. The zero-order valence-electron chi connectivity index (χ0n) is 16.6. The van der Waals surface area contributed by atoms with E-state index >= 15 is 0 Å². The highest BCUT2D eigenvalue weighted by Crippen LogP contribution is 2.35. The van der Waals surface area contributed by atoms with Gasteiger partial charge < -0.3 is 9.47 Å². The largest absolute Gasteiger partial charge is 0.419 e. The van der Waals surface area contributed by atoms with Crippen LogP contribution in [0.3, 0.4) is 0 Å². The number of alkyl halides is 3. The van der Waals surface area contributed by atoms with Gasteiger partial charge in [0.05, 0.1) is 17.5 Å². The molecule has 31 heavy (non-hydrogen) atoms. The van der Waals surface area contributed by atoms with Gasteiger partial charge in [0.2, 0.25) is 0 Å². The second-order valence-electron chi connectivity index (χ2n) is 7.42. The molecule has 0 spiro atoms. The average molecular weight is 430 g/mol. The van der Waals surface area contributed by atoms with Crippen LogP contribution < -0.4 is 4.90 Å². The number of piperidine rings is 1. The zero-order chi connectivity index (χ0) is 22.2. The van der Waals surface area contributed by atoms with Crippen molar-refractivity contribution in [1.29, 1.82) is 5.26 Å². The topological polar surface area (TPSA) is 70.6 Å². The van der Waals surface area contributed by atoms with Crippen molar-refractivity contribution in [1.82, 2.24) is 19.5 Å². The molecule has 0 amide bonds. The maximum absolute atomic E-state index is 13.6. The zero-order valence-corrected chi connectivity index (χ0v) is 16.6. The van der Waals surface area contributed by atoms with Gasteiger partial charge in [-0.15, -0.1) is 0 Å². The molecule has 1 saturated heterocycles. The molecule has 160 valence electrons. The Kier molecular flexibility index (Phi) is 5.35. The number of benzene rings is 1. The molecule has 3 aromatic rings.